The van der Waals surface area contributed by atoms with Crippen LogP contribution in [0.1, 0.15) is 33.1 Å². The van der Waals surface area contributed by atoms with Crippen LogP contribution in [0, 0.1) is 0 Å². The average Bonchev–Trinajstić information content (AvgIpc) is 2.87. The minimum absolute atomic E-state index is 0.130. The van der Waals surface area contributed by atoms with Crippen molar-refractivity contribution in [1.29, 1.82) is 0 Å². The van der Waals surface area contributed by atoms with Gasteiger partial charge in [0.05, 0.1) is 11.8 Å². The highest BCUT2D eigenvalue weighted by molar-refractivity contribution is 7.91. The van der Waals surface area contributed by atoms with Crippen LogP contribution in [0.25, 0.3) is 0 Å². The molecule has 0 aromatic carbocycles. The zero-order valence-corrected chi connectivity index (χ0v) is 12.1. The molecule has 0 radical (unpaired) electrons. The summed E-state index contributed by atoms with van der Waals surface area (Å²) in [6, 6.07) is -0.215. The molecule has 1 aliphatic heterocycles. The summed E-state index contributed by atoms with van der Waals surface area (Å²) in [4.78, 5) is 13.8. The quantitative estimate of drug-likeness (QED) is 0.684. The van der Waals surface area contributed by atoms with Crippen LogP contribution in [0.4, 0.5) is 0 Å². The Labute approximate surface area is 110 Å². The molecular formula is C12H24N2O3S. The van der Waals surface area contributed by atoms with Crippen molar-refractivity contribution in [2.75, 3.05) is 31.1 Å². The highest BCUT2D eigenvalue weighted by atomic mass is 32.2. The molecule has 1 heterocycles. The molecule has 0 saturated carbocycles. The predicted molar refractivity (Wildman–Crippen MR) is 72.2 cm³/mol. The Hall–Kier alpha value is -0.620. The standard InChI is InChI=1S/C12H24N2O3S/c1-3-18(16,17)10-6-7-13-11(2)12(15)14-8-4-5-9-14/h11,13H,3-10H2,1-2H3. The maximum Gasteiger partial charge on any atom is 0.239 e. The summed E-state index contributed by atoms with van der Waals surface area (Å²) in [5.41, 5.74) is 0. The van der Waals surface area contributed by atoms with Gasteiger partial charge in [-0.1, -0.05) is 6.92 Å². The second-order valence-corrected chi connectivity index (χ2v) is 7.27. The molecule has 6 heteroatoms. The van der Waals surface area contributed by atoms with E-state index in [-0.39, 0.29) is 23.5 Å². The summed E-state index contributed by atoms with van der Waals surface area (Å²) in [5.74, 6) is 0.516. The van der Waals surface area contributed by atoms with Crippen LogP contribution >= 0.6 is 0 Å². The van der Waals surface area contributed by atoms with Crippen LogP contribution in [-0.2, 0) is 14.6 Å². The van der Waals surface area contributed by atoms with Crippen molar-refractivity contribution in [2.45, 2.75) is 39.2 Å². The van der Waals surface area contributed by atoms with Gasteiger partial charge in [0.25, 0.3) is 0 Å². The van der Waals surface area contributed by atoms with E-state index < -0.39 is 9.84 Å². The molecule has 0 spiro atoms. The van der Waals surface area contributed by atoms with Crippen LogP contribution in [0.5, 0.6) is 0 Å². The molecule has 18 heavy (non-hydrogen) atoms. The second-order valence-electron chi connectivity index (χ2n) is 4.80. The van der Waals surface area contributed by atoms with Crippen molar-refractivity contribution in [3.8, 4) is 0 Å². The van der Waals surface area contributed by atoms with E-state index in [2.05, 4.69) is 5.32 Å². The molecular weight excluding hydrogens is 252 g/mol. The monoisotopic (exact) mass is 276 g/mol. The summed E-state index contributed by atoms with van der Waals surface area (Å²) in [7, 11) is -2.89. The van der Waals surface area contributed by atoms with E-state index in [0.717, 1.165) is 25.9 Å². The first kappa shape index (κ1) is 15.4. The zero-order valence-electron chi connectivity index (χ0n) is 11.3. The van der Waals surface area contributed by atoms with Gasteiger partial charge in [0.1, 0.15) is 9.84 Å². The fourth-order valence-electron chi connectivity index (χ4n) is 2.05. The molecule has 1 N–H and O–H groups in total. The third kappa shape index (κ3) is 4.94. The molecule has 1 fully saturated rings. The minimum Gasteiger partial charge on any atom is -0.341 e. The Morgan fingerprint density at radius 3 is 2.50 bits per heavy atom. The van der Waals surface area contributed by atoms with E-state index >= 15 is 0 Å². The minimum atomic E-state index is -2.89. The lowest BCUT2D eigenvalue weighted by Gasteiger charge is -2.21. The second kappa shape index (κ2) is 7.09. The van der Waals surface area contributed by atoms with Gasteiger partial charge in [0.15, 0.2) is 0 Å². The lowest BCUT2D eigenvalue weighted by atomic mass is 10.3. The third-order valence-electron chi connectivity index (χ3n) is 3.31. The summed E-state index contributed by atoms with van der Waals surface area (Å²) in [6.45, 7) is 5.78. The molecule has 0 aromatic rings. The first-order valence-electron chi connectivity index (χ1n) is 6.69. The highest BCUT2D eigenvalue weighted by Gasteiger charge is 2.22. The van der Waals surface area contributed by atoms with E-state index in [1.54, 1.807) is 6.92 Å². The SMILES string of the molecule is CCS(=O)(=O)CCCNC(C)C(=O)N1CCCC1. The Balaban J connectivity index is 2.20. The van der Waals surface area contributed by atoms with Gasteiger partial charge >= 0.3 is 0 Å². The Morgan fingerprint density at radius 2 is 1.94 bits per heavy atom. The van der Waals surface area contributed by atoms with Gasteiger partial charge in [0.2, 0.25) is 5.91 Å². The molecule has 1 unspecified atom stereocenters. The lowest BCUT2D eigenvalue weighted by Crippen LogP contribution is -2.44. The number of nitrogens with zero attached hydrogens (tertiary/aromatic N) is 1. The lowest BCUT2D eigenvalue weighted by molar-refractivity contribution is -0.131. The fourth-order valence-corrected chi connectivity index (χ4v) is 2.93. The molecule has 1 amide bonds. The smallest absolute Gasteiger partial charge is 0.239 e. The molecule has 0 bridgehead atoms. The summed E-state index contributed by atoms with van der Waals surface area (Å²) in [6.07, 6.45) is 2.74. The van der Waals surface area contributed by atoms with Gasteiger partial charge in [-0.3, -0.25) is 4.79 Å². The molecule has 0 aliphatic carbocycles. The van der Waals surface area contributed by atoms with Gasteiger partial charge < -0.3 is 10.2 Å². The van der Waals surface area contributed by atoms with Gasteiger partial charge in [-0.25, -0.2) is 8.42 Å². The van der Waals surface area contributed by atoms with Crippen molar-refractivity contribution in [3.05, 3.63) is 0 Å². The van der Waals surface area contributed by atoms with Crippen LogP contribution in [-0.4, -0.2) is 56.4 Å². The van der Waals surface area contributed by atoms with Crippen LogP contribution in [0.2, 0.25) is 0 Å². The van der Waals surface area contributed by atoms with Crippen molar-refractivity contribution in [1.82, 2.24) is 10.2 Å². The molecule has 5 nitrogen and oxygen atoms in total. The van der Waals surface area contributed by atoms with Crippen molar-refractivity contribution >= 4 is 15.7 Å². The fraction of sp³-hybridized carbons (Fsp3) is 0.917. The summed E-state index contributed by atoms with van der Waals surface area (Å²) < 4.78 is 22.6. The van der Waals surface area contributed by atoms with Crippen molar-refractivity contribution in [2.24, 2.45) is 0 Å². The first-order valence-corrected chi connectivity index (χ1v) is 8.51. The highest BCUT2D eigenvalue weighted by Crippen LogP contribution is 2.08. The average molecular weight is 276 g/mol. The van der Waals surface area contributed by atoms with Gasteiger partial charge in [-0.15, -0.1) is 0 Å². The number of likely N-dealkylation sites (tertiary alicyclic amines) is 1. The number of hydrogen-bond donors (Lipinski definition) is 1. The van der Waals surface area contributed by atoms with Gasteiger partial charge in [-0.05, 0) is 32.7 Å². The van der Waals surface area contributed by atoms with Gasteiger partial charge in [0, 0.05) is 18.8 Å². The Kier molecular flexibility index (Phi) is 6.08. The van der Waals surface area contributed by atoms with Crippen LogP contribution in [0.3, 0.4) is 0 Å². The maximum absolute atomic E-state index is 11.9. The molecule has 1 saturated heterocycles. The number of amides is 1. The van der Waals surface area contributed by atoms with Crippen LogP contribution in [0.15, 0.2) is 0 Å². The number of rotatable bonds is 7. The largest absolute Gasteiger partial charge is 0.341 e. The zero-order chi connectivity index (χ0) is 13.6. The van der Waals surface area contributed by atoms with E-state index in [4.69, 9.17) is 0 Å². The number of hydrogen-bond acceptors (Lipinski definition) is 4. The molecule has 0 aromatic heterocycles. The number of nitrogens with one attached hydrogen (secondary N) is 1. The maximum atomic E-state index is 11.9. The van der Waals surface area contributed by atoms with Crippen molar-refractivity contribution in [3.63, 3.8) is 0 Å². The molecule has 1 aliphatic rings. The van der Waals surface area contributed by atoms with E-state index in [1.165, 1.54) is 0 Å². The third-order valence-corrected chi connectivity index (χ3v) is 5.10. The Morgan fingerprint density at radius 1 is 1.33 bits per heavy atom. The summed E-state index contributed by atoms with van der Waals surface area (Å²) >= 11 is 0. The first-order chi connectivity index (χ1) is 8.46. The number of carbonyl (C=O) groups excluding carboxylic acids is 1. The molecule has 1 atom stereocenters. The summed E-state index contributed by atoms with van der Waals surface area (Å²) in [5, 5.41) is 3.10. The number of carbonyl (C=O) groups is 1. The van der Waals surface area contributed by atoms with Crippen molar-refractivity contribution < 1.29 is 13.2 Å². The Bertz CT molecular complexity index is 362. The number of sulfone groups is 1. The normalized spacial score (nSPS) is 18.0. The predicted octanol–water partition coefficient (Wildman–Crippen LogP) is 0.412. The van der Waals surface area contributed by atoms with E-state index in [0.29, 0.717) is 13.0 Å². The van der Waals surface area contributed by atoms with Gasteiger partial charge in [-0.2, -0.15) is 0 Å². The molecule has 1 rings (SSSR count). The van der Waals surface area contributed by atoms with Crippen LogP contribution < -0.4 is 5.32 Å². The van der Waals surface area contributed by atoms with E-state index in [1.807, 2.05) is 11.8 Å². The molecule has 106 valence electrons. The van der Waals surface area contributed by atoms with E-state index in [9.17, 15) is 13.2 Å². The topological polar surface area (TPSA) is 66.5 Å².